The van der Waals surface area contributed by atoms with E-state index in [0.29, 0.717) is 6.42 Å². The number of ether oxygens (including phenoxy) is 2. The van der Waals surface area contributed by atoms with E-state index in [1.165, 1.54) is 0 Å². The number of rotatable bonds is 5. The Labute approximate surface area is 124 Å². The molecule has 0 saturated carbocycles. The number of methoxy groups -OCH3 is 2. The van der Waals surface area contributed by atoms with Gasteiger partial charge in [-0.25, -0.2) is 0 Å². The number of hydrogen-bond donors (Lipinski definition) is 1. The van der Waals surface area contributed by atoms with E-state index in [0.717, 1.165) is 27.6 Å². The van der Waals surface area contributed by atoms with Gasteiger partial charge in [0.1, 0.15) is 11.5 Å². The lowest BCUT2D eigenvalue weighted by Crippen LogP contribution is -2.14. The van der Waals surface area contributed by atoms with Gasteiger partial charge < -0.3 is 15.2 Å². The number of benzene rings is 2. The van der Waals surface area contributed by atoms with Crippen molar-refractivity contribution in [2.24, 2.45) is 5.73 Å². The molecule has 2 N–H and O–H groups in total. The molecule has 106 valence electrons. The molecule has 20 heavy (non-hydrogen) atoms. The van der Waals surface area contributed by atoms with Crippen LogP contribution in [0.15, 0.2) is 42.5 Å². The topological polar surface area (TPSA) is 44.5 Å². The number of nitrogens with two attached hydrogens (primary N) is 1. The first-order valence-corrected chi connectivity index (χ1v) is 6.73. The molecular weight excluding hydrogens is 274 g/mol. The van der Waals surface area contributed by atoms with Crippen LogP contribution in [0.25, 0.3) is 0 Å². The average molecular weight is 292 g/mol. The second-order valence-corrected chi connectivity index (χ2v) is 4.98. The van der Waals surface area contributed by atoms with E-state index in [-0.39, 0.29) is 6.04 Å². The minimum absolute atomic E-state index is 0.166. The van der Waals surface area contributed by atoms with Crippen molar-refractivity contribution in [3.63, 3.8) is 0 Å². The third kappa shape index (κ3) is 3.44. The summed E-state index contributed by atoms with van der Waals surface area (Å²) in [5, 5.41) is 0.723. The zero-order chi connectivity index (χ0) is 14.5. The van der Waals surface area contributed by atoms with Crippen molar-refractivity contribution in [2.75, 3.05) is 14.2 Å². The monoisotopic (exact) mass is 291 g/mol. The van der Waals surface area contributed by atoms with E-state index >= 15 is 0 Å². The van der Waals surface area contributed by atoms with Crippen molar-refractivity contribution in [2.45, 2.75) is 12.5 Å². The first-order valence-electron chi connectivity index (χ1n) is 6.36. The van der Waals surface area contributed by atoms with Gasteiger partial charge in [0, 0.05) is 16.6 Å². The predicted molar refractivity (Wildman–Crippen MR) is 81.6 cm³/mol. The van der Waals surface area contributed by atoms with E-state index in [4.69, 9.17) is 26.8 Å². The van der Waals surface area contributed by atoms with Gasteiger partial charge in [-0.2, -0.15) is 0 Å². The Hall–Kier alpha value is -1.71. The summed E-state index contributed by atoms with van der Waals surface area (Å²) in [5.41, 5.74) is 8.36. The molecule has 0 fully saturated rings. The van der Waals surface area contributed by atoms with E-state index in [9.17, 15) is 0 Å². The smallest absolute Gasteiger partial charge is 0.123 e. The molecular formula is C16H18ClNO2. The summed E-state index contributed by atoms with van der Waals surface area (Å²) in [6, 6.07) is 13.2. The number of hydrogen-bond acceptors (Lipinski definition) is 3. The van der Waals surface area contributed by atoms with Gasteiger partial charge in [-0.3, -0.25) is 0 Å². The summed E-state index contributed by atoms with van der Waals surface area (Å²) in [6.07, 6.45) is 0.709. The Morgan fingerprint density at radius 3 is 2.35 bits per heavy atom. The maximum absolute atomic E-state index is 6.30. The van der Waals surface area contributed by atoms with Gasteiger partial charge in [0.05, 0.1) is 14.2 Å². The zero-order valence-corrected chi connectivity index (χ0v) is 12.4. The van der Waals surface area contributed by atoms with Crippen LogP contribution in [0.2, 0.25) is 5.02 Å². The van der Waals surface area contributed by atoms with Gasteiger partial charge in [-0.05, 0) is 42.3 Å². The van der Waals surface area contributed by atoms with Crippen molar-refractivity contribution in [3.8, 4) is 11.5 Å². The van der Waals surface area contributed by atoms with Crippen LogP contribution in [0.4, 0.5) is 0 Å². The van der Waals surface area contributed by atoms with Crippen LogP contribution < -0.4 is 15.2 Å². The zero-order valence-electron chi connectivity index (χ0n) is 11.6. The fourth-order valence-corrected chi connectivity index (χ4v) is 2.24. The second-order valence-electron chi connectivity index (χ2n) is 4.54. The minimum atomic E-state index is -0.166. The van der Waals surface area contributed by atoms with E-state index in [1.54, 1.807) is 14.2 Å². The molecule has 0 saturated heterocycles. The van der Waals surface area contributed by atoms with Crippen LogP contribution in [0.1, 0.15) is 17.2 Å². The largest absolute Gasteiger partial charge is 0.497 e. The highest BCUT2D eigenvalue weighted by Gasteiger charge is 2.14. The van der Waals surface area contributed by atoms with Crippen LogP contribution in [-0.4, -0.2) is 14.2 Å². The van der Waals surface area contributed by atoms with Gasteiger partial charge in [0.15, 0.2) is 0 Å². The van der Waals surface area contributed by atoms with Crippen LogP contribution in [0, 0.1) is 0 Å². The average Bonchev–Trinajstić information content (AvgIpc) is 2.48. The summed E-state index contributed by atoms with van der Waals surface area (Å²) in [7, 11) is 3.27. The summed E-state index contributed by atoms with van der Waals surface area (Å²) >= 11 is 5.88. The molecule has 0 radical (unpaired) electrons. The molecule has 2 aromatic rings. The maximum atomic E-state index is 6.30. The Balaban J connectivity index is 2.23. The highest BCUT2D eigenvalue weighted by atomic mass is 35.5. The molecule has 0 aliphatic rings. The summed E-state index contributed by atoms with van der Waals surface area (Å²) in [5.74, 6) is 1.54. The Morgan fingerprint density at radius 2 is 1.75 bits per heavy atom. The number of halogens is 1. The third-order valence-corrected chi connectivity index (χ3v) is 3.46. The third-order valence-electron chi connectivity index (χ3n) is 3.21. The lowest BCUT2D eigenvalue weighted by atomic mass is 9.98. The Kier molecular flexibility index (Phi) is 4.88. The van der Waals surface area contributed by atoms with E-state index in [2.05, 4.69) is 0 Å². The highest BCUT2D eigenvalue weighted by molar-refractivity contribution is 6.30. The van der Waals surface area contributed by atoms with Gasteiger partial charge in [0.25, 0.3) is 0 Å². The van der Waals surface area contributed by atoms with Crippen LogP contribution in [0.5, 0.6) is 11.5 Å². The van der Waals surface area contributed by atoms with Crippen LogP contribution in [0.3, 0.4) is 0 Å². The molecule has 0 aromatic heterocycles. The second kappa shape index (κ2) is 6.64. The fraction of sp³-hybridized carbons (Fsp3) is 0.250. The summed E-state index contributed by atoms with van der Waals surface area (Å²) in [4.78, 5) is 0. The molecule has 4 heteroatoms. The molecule has 0 aliphatic heterocycles. The molecule has 0 spiro atoms. The normalized spacial score (nSPS) is 12.0. The molecule has 0 amide bonds. The van der Waals surface area contributed by atoms with Crippen LogP contribution in [-0.2, 0) is 6.42 Å². The molecule has 3 nitrogen and oxygen atoms in total. The minimum Gasteiger partial charge on any atom is -0.497 e. The lowest BCUT2D eigenvalue weighted by molar-refractivity contribution is 0.395. The molecule has 1 atom stereocenters. The highest BCUT2D eigenvalue weighted by Crippen LogP contribution is 2.30. The summed E-state index contributed by atoms with van der Waals surface area (Å²) < 4.78 is 10.6. The van der Waals surface area contributed by atoms with Gasteiger partial charge in [-0.1, -0.05) is 23.7 Å². The van der Waals surface area contributed by atoms with Crippen molar-refractivity contribution >= 4 is 11.6 Å². The first-order chi connectivity index (χ1) is 9.63. The lowest BCUT2D eigenvalue weighted by Gasteiger charge is -2.17. The fourth-order valence-electron chi connectivity index (χ4n) is 2.11. The molecule has 0 heterocycles. The molecule has 2 aromatic carbocycles. The Bertz CT molecular complexity index is 569. The van der Waals surface area contributed by atoms with Crippen LogP contribution >= 0.6 is 11.6 Å². The van der Waals surface area contributed by atoms with Gasteiger partial charge >= 0.3 is 0 Å². The maximum Gasteiger partial charge on any atom is 0.123 e. The van der Waals surface area contributed by atoms with Gasteiger partial charge in [0.2, 0.25) is 0 Å². The molecule has 0 bridgehead atoms. The first kappa shape index (κ1) is 14.7. The van der Waals surface area contributed by atoms with Crippen molar-refractivity contribution in [3.05, 3.63) is 58.6 Å². The predicted octanol–water partition coefficient (Wildman–Crippen LogP) is 3.60. The standard InChI is InChI=1S/C16H18ClNO2/c1-19-13-7-8-16(20-2)14(10-13)15(18)9-11-3-5-12(17)6-4-11/h3-8,10,15H,9,18H2,1-2H3. The quantitative estimate of drug-likeness (QED) is 0.915. The van der Waals surface area contributed by atoms with E-state index in [1.807, 2.05) is 42.5 Å². The van der Waals surface area contributed by atoms with Gasteiger partial charge in [-0.15, -0.1) is 0 Å². The molecule has 0 aliphatic carbocycles. The SMILES string of the molecule is COc1ccc(OC)c(C(N)Cc2ccc(Cl)cc2)c1. The molecule has 2 rings (SSSR count). The van der Waals surface area contributed by atoms with Crippen molar-refractivity contribution < 1.29 is 9.47 Å². The Morgan fingerprint density at radius 1 is 1.05 bits per heavy atom. The van der Waals surface area contributed by atoms with Crippen molar-refractivity contribution in [1.82, 2.24) is 0 Å². The van der Waals surface area contributed by atoms with Crippen molar-refractivity contribution in [1.29, 1.82) is 0 Å². The summed E-state index contributed by atoms with van der Waals surface area (Å²) in [6.45, 7) is 0. The van der Waals surface area contributed by atoms with E-state index < -0.39 is 0 Å². The molecule has 1 unspecified atom stereocenters.